The molecule has 3 N–H and O–H groups in total. The summed E-state index contributed by atoms with van der Waals surface area (Å²) in [6.07, 6.45) is 0.259. The van der Waals surface area contributed by atoms with Gasteiger partial charge in [0.25, 0.3) is 0 Å². The minimum atomic E-state index is -0.480. The van der Waals surface area contributed by atoms with Crippen LogP contribution in [-0.2, 0) is 4.74 Å². The molecular weight excluding hydrogens is 324 g/mol. The zero-order valence-electron chi connectivity index (χ0n) is 12.0. The molecule has 0 unspecified atom stereocenters. The second-order valence-corrected chi connectivity index (χ2v) is 6.23. The standard InChI is InChI=1S/C14H21BrN2O3/c1-14(2,3)20-13(18)17-7-4-8-19-12-6-5-10(15)9-11(12)16/h5-6,9H,4,7-8,16H2,1-3H3,(H,17,18). The van der Waals surface area contributed by atoms with Gasteiger partial charge in [0.2, 0.25) is 0 Å². The zero-order chi connectivity index (χ0) is 15.2. The van der Waals surface area contributed by atoms with Crippen LogP contribution in [0.15, 0.2) is 22.7 Å². The highest BCUT2D eigenvalue weighted by Crippen LogP contribution is 2.25. The summed E-state index contributed by atoms with van der Waals surface area (Å²) in [6, 6.07) is 5.46. The summed E-state index contributed by atoms with van der Waals surface area (Å²) in [5.74, 6) is 0.644. The SMILES string of the molecule is CC(C)(C)OC(=O)NCCCOc1ccc(Br)cc1N. The number of rotatable bonds is 5. The maximum Gasteiger partial charge on any atom is 0.407 e. The number of halogens is 1. The number of hydrogen-bond donors (Lipinski definition) is 2. The first-order valence-electron chi connectivity index (χ1n) is 6.42. The second kappa shape index (κ2) is 7.38. The fraction of sp³-hybridized carbons (Fsp3) is 0.500. The Bertz CT molecular complexity index is 458. The molecule has 0 heterocycles. The van der Waals surface area contributed by atoms with Gasteiger partial charge in [0.15, 0.2) is 0 Å². The van der Waals surface area contributed by atoms with Gasteiger partial charge in [-0.1, -0.05) is 15.9 Å². The van der Waals surface area contributed by atoms with E-state index >= 15 is 0 Å². The fourth-order valence-electron chi connectivity index (χ4n) is 1.41. The molecule has 20 heavy (non-hydrogen) atoms. The quantitative estimate of drug-likeness (QED) is 0.634. The highest BCUT2D eigenvalue weighted by molar-refractivity contribution is 9.10. The molecule has 0 bridgehead atoms. The van der Waals surface area contributed by atoms with Crippen LogP contribution in [0.2, 0.25) is 0 Å². The molecule has 6 heteroatoms. The Kier molecular flexibility index (Phi) is 6.13. The predicted molar refractivity (Wildman–Crippen MR) is 82.9 cm³/mol. The highest BCUT2D eigenvalue weighted by Gasteiger charge is 2.15. The number of amides is 1. The molecule has 1 amide bonds. The number of benzene rings is 1. The first-order valence-corrected chi connectivity index (χ1v) is 7.22. The van der Waals surface area contributed by atoms with E-state index in [0.717, 1.165) is 4.47 Å². The van der Waals surface area contributed by atoms with Crippen molar-refractivity contribution in [3.05, 3.63) is 22.7 Å². The van der Waals surface area contributed by atoms with Crippen LogP contribution < -0.4 is 15.8 Å². The summed E-state index contributed by atoms with van der Waals surface area (Å²) >= 11 is 3.33. The first-order chi connectivity index (χ1) is 9.28. The van der Waals surface area contributed by atoms with Gasteiger partial charge in [0.1, 0.15) is 11.4 Å². The molecule has 112 valence electrons. The van der Waals surface area contributed by atoms with E-state index in [1.807, 2.05) is 26.8 Å². The molecule has 0 saturated heterocycles. The molecule has 1 aromatic rings. The van der Waals surface area contributed by atoms with Gasteiger partial charge in [-0.05, 0) is 45.4 Å². The Balaban J connectivity index is 2.21. The van der Waals surface area contributed by atoms with Crippen LogP contribution in [-0.4, -0.2) is 24.8 Å². The van der Waals surface area contributed by atoms with Crippen molar-refractivity contribution in [3.8, 4) is 5.75 Å². The number of hydrogen-bond acceptors (Lipinski definition) is 4. The third-order valence-corrected chi connectivity index (χ3v) is 2.71. The summed E-state index contributed by atoms with van der Waals surface area (Å²) in [5.41, 5.74) is 5.91. The summed E-state index contributed by atoms with van der Waals surface area (Å²) in [6.45, 7) is 6.44. The molecule has 0 aliphatic heterocycles. The second-order valence-electron chi connectivity index (χ2n) is 5.31. The van der Waals surface area contributed by atoms with Gasteiger partial charge in [-0.25, -0.2) is 4.79 Å². The van der Waals surface area contributed by atoms with E-state index in [-0.39, 0.29) is 0 Å². The molecule has 0 saturated carbocycles. The fourth-order valence-corrected chi connectivity index (χ4v) is 1.79. The van der Waals surface area contributed by atoms with E-state index in [1.54, 1.807) is 12.1 Å². The third kappa shape index (κ3) is 6.65. The van der Waals surface area contributed by atoms with Crippen molar-refractivity contribution in [1.82, 2.24) is 5.32 Å². The molecule has 5 nitrogen and oxygen atoms in total. The summed E-state index contributed by atoms with van der Waals surface area (Å²) in [5, 5.41) is 2.67. The average molecular weight is 345 g/mol. The van der Waals surface area contributed by atoms with Crippen LogP contribution in [0.25, 0.3) is 0 Å². The lowest BCUT2D eigenvalue weighted by atomic mass is 10.2. The minimum Gasteiger partial charge on any atom is -0.491 e. The predicted octanol–water partition coefficient (Wildman–Crippen LogP) is 3.32. The van der Waals surface area contributed by atoms with Crippen LogP contribution in [0.1, 0.15) is 27.2 Å². The molecule has 1 aromatic carbocycles. The van der Waals surface area contributed by atoms with E-state index in [2.05, 4.69) is 21.2 Å². The van der Waals surface area contributed by atoms with Crippen LogP contribution in [0.4, 0.5) is 10.5 Å². The molecule has 1 rings (SSSR count). The lowest BCUT2D eigenvalue weighted by molar-refractivity contribution is 0.0525. The van der Waals surface area contributed by atoms with Gasteiger partial charge in [-0.3, -0.25) is 0 Å². The van der Waals surface area contributed by atoms with Crippen molar-refractivity contribution in [1.29, 1.82) is 0 Å². The lowest BCUT2D eigenvalue weighted by Gasteiger charge is -2.19. The van der Waals surface area contributed by atoms with Gasteiger partial charge in [-0.2, -0.15) is 0 Å². The molecule has 0 aliphatic carbocycles. The molecule has 0 atom stereocenters. The smallest absolute Gasteiger partial charge is 0.407 e. The topological polar surface area (TPSA) is 73.6 Å². The Hall–Kier alpha value is -1.43. The van der Waals surface area contributed by atoms with E-state index in [1.165, 1.54) is 0 Å². The number of nitrogen functional groups attached to an aromatic ring is 1. The number of carbonyl (C=O) groups excluding carboxylic acids is 1. The lowest BCUT2D eigenvalue weighted by Crippen LogP contribution is -2.33. The Morgan fingerprint density at radius 3 is 2.70 bits per heavy atom. The van der Waals surface area contributed by atoms with Crippen LogP contribution >= 0.6 is 15.9 Å². The van der Waals surface area contributed by atoms with Gasteiger partial charge in [-0.15, -0.1) is 0 Å². The van der Waals surface area contributed by atoms with Gasteiger partial charge in [0, 0.05) is 11.0 Å². The number of ether oxygens (including phenoxy) is 2. The van der Waals surface area contributed by atoms with Crippen molar-refractivity contribution in [2.45, 2.75) is 32.8 Å². The maximum atomic E-state index is 11.4. The first kappa shape index (κ1) is 16.6. The third-order valence-electron chi connectivity index (χ3n) is 2.22. The van der Waals surface area contributed by atoms with Crippen LogP contribution in [0.3, 0.4) is 0 Å². The van der Waals surface area contributed by atoms with Crippen LogP contribution in [0.5, 0.6) is 5.75 Å². The number of alkyl carbamates (subject to hydrolysis) is 1. The molecule has 0 radical (unpaired) electrons. The van der Waals surface area contributed by atoms with Gasteiger partial charge < -0.3 is 20.5 Å². The van der Waals surface area contributed by atoms with E-state index in [0.29, 0.717) is 31.0 Å². The number of nitrogens with two attached hydrogens (primary N) is 1. The number of anilines is 1. The van der Waals surface area contributed by atoms with Crippen molar-refractivity contribution in [2.75, 3.05) is 18.9 Å². The van der Waals surface area contributed by atoms with E-state index in [9.17, 15) is 4.79 Å². The van der Waals surface area contributed by atoms with Gasteiger partial charge in [0.05, 0.1) is 12.3 Å². The van der Waals surface area contributed by atoms with Crippen molar-refractivity contribution in [3.63, 3.8) is 0 Å². The largest absolute Gasteiger partial charge is 0.491 e. The van der Waals surface area contributed by atoms with Gasteiger partial charge >= 0.3 is 6.09 Å². The van der Waals surface area contributed by atoms with Crippen molar-refractivity contribution < 1.29 is 14.3 Å². The molecule has 0 fully saturated rings. The molecule has 0 aliphatic rings. The zero-order valence-corrected chi connectivity index (χ0v) is 13.6. The normalized spacial score (nSPS) is 11.0. The Morgan fingerprint density at radius 2 is 2.10 bits per heavy atom. The Morgan fingerprint density at radius 1 is 1.40 bits per heavy atom. The monoisotopic (exact) mass is 344 g/mol. The number of carbonyl (C=O) groups is 1. The Labute approximate surface area is 127 Å². The molecular formula is C14H21BrN2O3. The van der Waals surface area contributed by atoms with Crippen molar-refractivity contribution >= 4 is 27.7 Å². The molecule has 0 spiro atoms. The number of nitrogens with one attached hydrogen (secondary N) is 1. The maximum absolute atomic E-state index is 11.4. The van der Waals surface area contributed by atoms with E-state index in [4.69, 9.17) is 15.2 Å². The minimum absolute atomic E-state index is 0.416. The molecule has 0 aromatic heterocycles. The van der Waals surface area contributed by atoms with E-state index < -0.39 is 11.7 Å². The van der Waals surface area contributed by atoms with Crippen LogP contribution in [0, 0.1) is 0 Å². The summed E-state index contributed by atoms with van der Waals surface area (Å²) < 4.78 is 11.6. The summed E-state index contributed by atoms with van der Waals surface area (Å²) in [7, 11) is 0. The van der Waals surface area contributed by atoms with Crippen molar-refractivity contribution in [2.24, 2.45) is 0 Å². The average Bonchev–Trinajstić information content (AvgIpc) is 2.28. The highest BCUT2D eigenvalue weighted by atomic mass is 79.9. The summed E-state index contributed by atoms with van der Waals surface area (Å²) in [4.78, 5) is 11.4.